The second-order valence-electron chi connectivity index (χ2n) is 4.21. The summed E-state index contributed by atoms with van der Waals surface area (Å²) < 4.78 is 0. The van der Waals surface area contributed by atoms with Gasteiger partial charge in [0.05, 0.1) is 5.56 Å². The molecule has 0 aromatic heterocycles. The number of nitrogens with one attached hydrogen (secondary N) is 1. The molecule has 0 spiro atoms. The van der Waals surface area contributed by atoms with E-state index in [0.29, 0.717) is 11.6 Å². The normalized spacial score (nSPS) is 16.0. The SMILES string of the molecule is O=C(ONC1CCCCC1)c1ccccc1.[H-].[Na+]. The van der Waals surface area contributed by atoms with Crippen molar-refractivity contribution in [1.29, 1.82) is 0 Å². The minimum absolute atomic E-state index is 0. The fourth-order valence-corrected chi connectivity index (χ4v) is 1.99. The van der Waals surface area contributed by atoms with E-state index >= 15 is 0 Å². The van der Waals surface area contributed by atoms with E-state index in [9.17, 15) is 4.79 Å². The summed E-state index contributed by atoms with van der Waals surface area (Å²) >= 11 is 0. The molecule has 0 saturated heterocycles. The summed E-state index contributed by atoms with van der Waals surface area (Å²) in [5.74, 6) is -0.300. The molecule has 4 heteroatoms. The first-order valence-corrected chi connectivity index (χ1v) is 5.88. The molecule has 1 N–H and O–H groups in total. The summed E-state index contributed by atoms with van der Waals surface area (Å²) in [5, 5.41) is 0. The van der Waals surface area contributed by atoms with Crippen LogP contribution in [0.3, 0.4) is 0 Å². The summed E-state index contributed by atoms with van der Waals surface area (Å²) in [7, 11) is 0. The van der Waals surface area contributed by atoms with Gasteiger partial charge >= 0.3 is 35.5 Å². The van der Waals surface area contributed by atoms with Crippen LogP contribution in [0.4, 0.5) is 0 Å². The van der Waals surface area contributed by atoms with Crippen molar-refractivity contribution in [3.05, 3.63) is 35.9 Å². The van der Waals surface area contributed by atoms with Crippen molar-refractivity contribution in [2.75, 3.05) is 0 Å². The van der Waals surface area contributed by atoms with Crippen LogP contribution in [0.25, 0.3) is 0 Å². The summed E-state index contributed by atoms with van der Waals surface area (Å²) in [6.45, 7) is 0. The molecule has 3 nitrogen and oxygen atoms in total. The second-order valence-corrected chi connectivity index (χ2v) is 4.21. The minimum Gasteiger partial charge on any atom is -1.00 e. The minimum atomic E-state index is -0.300. The van der Waals surface area contributed by atoms with Crippen LogP contribution in [0, 0.1) is 0 Å². The van der Waals surface area contributed by atoms with Gasteiger partial charge in [-0.2, -0.15) is 0 Å². The smallest absolute Gasteiger partial charge is 1.00 e. The number of benzene rings is 1. The van der Waals surface area contributed by atoms with Gasteiger partial charge in [0, 0.05) is 6.04 Å². The zero-order valence-electron chi connectivity index (χ0n) is 11.3. The van der Waals surface area contributed by atoms with Gasteiger partial charge in [0.25, 0.3) is 0 Å². The molecule has 0 unspecified atom stereocenters. The maximum Gasteiger partial charge on any atom is 1.00 e. The van der Waals surface area contributed by atoms with Crippen molar-refractivity contribution in [1.82, 2.24) is 5.48 Å². The molecule has 0 amide bonds. The van der Waals surface area contributed by atoms with Crippen LogP contribution in [0.2, 0.25) is 0 Å². The van der Waals surface area contributed by atoms with Gasteiger partial charge in [-0.1, -0.05) is 37.5 Å². The Bertz CT molecular complexity index is 342. The predicted molar refractivity (Wildman–Crippen MR) is 63.0 cm³/mol. The van der Waals surface area contributed by atoms with E-state index in [0.717, 1.165) is 12.8 Å². The molecule has 1 aliphatic rings. The van der Waals surface area contributed by atoms with Gasteiger partial charge in [-0.25, -0.2) is 4.79 Å². The summed E-state index contributed by atoms with van der Waals surface area (Å²) in [4.78, 5) is 16.7. The van der Waals surface area contributed by atoms with Gasteiger partial charge < -0.3 is 6.26 Å². The van der Waals surface area contributed by atoms with Crippen molar-refractivity contribution in [3.63, 3.8) is 0 Å². The Balaban J connectivity index is 0.00000144. The molecule has 1 aliphatic carbocycles. The van der Waals surface area contributed by atoms with Crippen molar-refractivity contribution < 1.29 is 40.6 Å². The van der Waals surface area contributed by atoms with Crippen LogP contribution in [-0.2, 0) is 4.84 Å². The molecule has 0 heterocycles. The molecule has 1 aromatic carbocycles. The number of hydrogen-bond donors (Lipinski definition) is 1. The topological polar surface area (TPSA) is 38.3 Å². The van der Waals surface area contributed by atoms with Gasteiger partial charge in [-0.3, -0.25) is 0 Å². The molecular weight excluding hydrogens is 225 g/mol. The number of carbonyl (C=O) groups excluding carboxylic acids is 1. The molecule has 2 rings (SSSR count). The van der Waals surface area contributed by atoms with Crippen molar-refractivity contribution in [2.24, 2.45) is 0 Å². The Morgan fingerprint density at radius 1 is 1.18 bits per heavy atom. The third-order valence-electron chi connectivity index (χ3n) is 2.93. The first-order valence-electron chi connectivity index (χ1n) is 5.88. The molecule has 0 aliphatic heterocycles. The summed E-state index contributed by atoms with van der Waals surface area (Å²) in [6, 6.07) is 9.39. The Labute approximate surface area is 126 Å². The fraction of sp³-hybridized carbons (Fsp3) is 0.462. The molecule has 0 atom stereocenters. The van der Waals surface area contributed by atoms with Crippen LogP contribution < -0.4 is 35.0 Å². The van der Waals surface area contributed by atoms with Crippen LogP contribution in [0.1, 0.15) is 43.9 Å². The molecular formula is C13H18NNaO2. The van der Waals surface area contributed by atoms with Gasteiger partial charge in [-0.05, 0) is 25.0 Å². The number of carbonyl (C=O) groups is 1. The van der Waals surface area contributed by atoms with Crippen molar-refractivity contribution in [3.8, 4) is 0 Å². The van der Waals surface area contributed by atoms with Crippen molar-refractivity contribution in [2.45, 2.75) is 38.1 Å². The molecule has 1 saturated carbocycles. The largest absolute Gasteiger partial charge is 1.00 e. The van der Waals surface area contributed by atoms with Gasteiger partial charge in [0.15, 0.2) is 0 Å². The Hall–Kier alpha value is -0.350. The van der Waals surface area contributed by atoms with Crippen molar-refractivity contribution >= 4 is 5.97 Å². The van der Waals surface area contributed by atoms with E-state index < -0.39 is 0 Å². The molecule has 1 aromatic rings. The molecule has 0 radical (unpaired) electrons. The average molecular weight is 243 g/mol. The Morgan fingerprint density at radius 2 is 1.82 bits per heavy atom. The van der Waals surface area contributed by atoms with E-state index in [1.165, 1.54) is 19.3 Å². The first kappa shape index (κ1) is 14.7. The number of hydrogen-bond acceptors (Lipinski definition) is 3. The second kappa shape index (κ2) is 7.88. The summed E-state index contributed by atoms with van der Waals surface area (Å²) in [5.41, 5.74) is 3.46. The Kier molecular flexibility index (Phi) is 6.82. The van der Waals surface area contributed by atoms with Gasteiger partial charge in [-0.15, -0.1) is 5.48 Å². The van der Waals surface area contributed by atoms with E-state index in [1.54, 1.807) is 12.1 Å². The maximum absolute atomic E-state index is 11.6. The van der Waals surface area contributed by atoms with Crippen LogP contribution in [-0.4, -0.2) is 12.0 Å². The van der Waals surface area contributed by atoms with E-state index in [-0.39, 0.29) is 37.0 Å². The molecule has 88 valence electrons. The predicted octanol–water partition coefficient (Wildman–Crippen LogP) is -0.203. The first-order chi connectivity index (χ1) is 7.86. The molecule has 17 heavy (non-hydrogen) atoms. The maximum atomic E-state index is 11.6. The van der Waals surface area contributed by atoms with E-state index in [1.807, 2.05) is 18.2 Å². The Morgan fingerprint density at radius 3 is 2.47 bits per heavy atom. The third kappa shape index (κ3) is 4.80. The number of hydroxylamine groups is 1. The quantitative estimate of drug-likeness (QED) is 0.590. The van der Waals surface area contributed by atoms with Crippen LogP contribution in [0.15, 0.2) is 30.3 Å². The fourth-order valence-electron chi connectivity index (χ4n) is 1.99. The van der Waals surface area contributed by atoms with Crippen LogP contribution in [0.5, 0.6) is 0 Å². The zero-order valence-corrected chi connectivity index (χ0v) is 12.3. The monoisotopic (exact) mass is 243 g/mol. The van der Waals surface area contributed by atoms with Gasteiger partial charge in [0.1, 0.15) is 0 Å². The zero-order chi connectivity index (χ0) is 11.2. The average Bonchev–Trinajstić information content (AvgIpc) is 2.38. The van der Waals surface area contributed by atoms with E-state index in [4.69, 9.17) is 4.84 Å². The van der Waals surface area contributed by atoms with Gasteiger partial charge in [0.2, 0.25) is 0 Å². The van der Waals surface area contributed by atoms with Crippen LogP contribution >= 0.6 is 0 Å². The third-order valence-corrected chi connectivity index (χ3v) is 2.93. The molecule has 1 fully saturated rings. The molecule has 0 bridgehead atoms. The number of rotatable bonds is 3. The van der Waals surface area contributed by atoms with E-state index in [2.05, 4.69) is 5.48 Å². The standard InChI is InChI=1S/C13H17NO2.Na.H/c15-13(11-7-3-1-4-8-11)16-14-12-9-5-2-6-10-12;;/h1,3-4,7-8,12,14H,2,5-6,9-10H2;;/q;+1;-1. The summed E-state index contributed by atoms with van der Waals surface area (Å²) in [6.07, 6.45) is 5.94.